The largest absolute Gasteiger partial charge is 0.457 e. The quantitative estimate of drug-likeness (QED) is 0.891. The molecule has 0 amide bonds. The summed E-state index contributed by atoms with van der Waals surface area (Å²) in [6.07, 6.45) is 0. The maximum atomic E-state index is 13.8. The molecule has 1 atom stereocenters. The van der Waals surface area contributed by atoms with E-state index in [-0.39, 0.29) is 5.82 Å². The van der Waals surface area contributed by atoms with Crippen molar-refractivity contribution in [2.45, 2.75) is 19.9 Å². The van der Waals surface area contributed by atoms with Crippen molar-refractivity contribution in [3.05, 3.63) is 58.4 Å². The molecule has 100 valence electrons. The zero-order valence-corrected chi connectivity index (χ0v) is 11.5. The Morgan fingerprint density at radius 3 is 2.58 bits per heavy atom. The normalized spacial score (nSPS) is 12.3. The average Bonchev–Trinajstić information content (AvgIpc) is 2.32. The van der Waals surface area contributed by atoms with Gasteiger partial charge in [0, 0.05) is 16.6 Å². The van der Waals surface area contributed by atoms with Gasteiger partial charge in [0.25, 0.3) is 0 Å². The first-order chi connectivity index (χ1) is 8.99. The summed E-state index contributed by atoms with van der Waals surface area (Å²) in [6.45, 7) is 3.60. The fourth-order valence-electron chi connectivity index (χ4n) is 1.89. The van der Waals surface area contributed by atoms with Crippen molar-refractivity contribution in [2.24, 2.45) is 5.73 Å². The lowest BCUT2D eigenvalue weighted by Gasteiger charge is -2.15. The van der Waals surface area contributed by atoms with Gasteiger partial charge in [-0.3, -0.25) is 0 Å². The van der Waals surface area contributed by atoms with Gasteiger partial charge in [-0.05, 0) is 49.7 Å². The third-order valence-corrected chi connectivity index (χ3v) is 3.06. The topological polar surface area (TPSA) is 35.2 Å². The molecule has 0 fully saturated rings. The summed E-state index contributed by atoms with van der Waals surface area (Å²) in [5.41, 5.74) is 7.04. The Morgan fingerprint density at radius 2 is 1.95 bits per heavy atom. The van der Waals surface area contributed by atoms with E-state index in [9.17, 15) is 4.39 Å². The molecule has 0 radical (unpaired) electrons. The van der Waals surface area contributed by atoms with Crippen LogP contribution < -0.4 is 10.5 Å². The lowest BCUT2D eigenvalue weighted by Crippen LogP contribution is -2.09. The van der Waals surface area contributed by atoms with Gasteiger partial charge in [0.15, 0.2) is 0 Å². The van der Waals surface area contributed by atoms with Crippen LogP contribution in [0, 0.1) is 12.7 Å². The lowest BCUT2D eigenvalue weighted by atomic mass is 10.1. The predicted molar refractivity (Wildman–Crippen MR) is 75.3 cm³/mol. The molecule has 4 heteroatoms. The third kappa shape index (κ3) is 3.06. The summed E-state index contributed by atoms with van der Waals surface area (Å²) in [7, 11) is 0. The second-order valence-corrected chi connectivity index (χ2v) is 4.89. The highest BCUT2D eigenvalue weighted by atomic mass is 35.5. The molecule has 0 aromatic heterocycles. The van der Waals surface area contributed by atoms with Crippen molar-refractivity contribution in [3.8, 4) is 11.5 Å². The number of benzene rings is 2. The average molecular weight is 280 g/mol. The van der Waals surface area contributed by atoms with Gasteiger partial charge in [-0.15, -0.1) is 0 Å². The summed E-state index contributed by atoms with van der Waals surface area (Å²) >= 11 is 5.89. The molecule has 0 aliphatic heterocycles. The van der Waals surface area contributed by atoms with E-state index in [0.29, 0.717) is 22.1 Å². The van der Waals surface area contributed by atoms with E-state index >= 15 is 0 Å². The van der Waals surface area contributed by atoms with Crippen LogP contribution in [0.15, 0.2) is 36.4 Å². The van der Waals surface area contributed by atoms with E-state index in [4.69, 9.17) is 22.1 Å². The van der Waals surface area contributed by atoms with Crippen LogP contribution >= 0.6 is 11.6 Å². The lowest BCUT2D eigenvalue weighted by molar-refractivity contribution is 0.458. The number of nitrogens with two attached hydrogens (primary N) is 1. The maximum Gasteiger partial charge on any atom is 0.135 e. The van der Waals surface area contributed by atoms with Gasteiger partial charge in [0.1, 0.15) is 17.3 Å². The van der Waals surface area contributed by atoms with Gasteiger partial charge in [-0.1, -0.05) is 17.7 Å². The number of hydrogen-bond acceptors (Lipinski definition) is 2. The predicted octanol–water partition coefficient (Wildman–Crippen LogP) is 4.60. The molecule has 0 saturated carbocycles. The second kappa shape index (κ2) is 5.59. The van der Waals surface area contributed by atoms with Crippen LogP contribution in [0.4, 0.5) is 4.39 Å². The number of halogens is 2. The molecule has 2 N–H and O–H groups in total. The monoisotopic (exact) mass is 279 g/mol. The molecule has 0 bridgehead atoms. The van der Waals surface area contributed by atoms with E-state index in [1.165, 1.54) is 6.07 Å². The molecule has 2 nitrogen and oxygen atoms in total. The molecule has 0 heterocycles. The molecule has 0 unspecified atom stereocenters. The van der Waals surface area contributed by atoms with Crippen LogP contribution in [0.1, 0.15) is 24.1 Å². The van der Waals surface area contributed by atoms with Gasteiger partial charge >= 0.3 is 0 Å². The first-order valence-electron chi connectivity index (χ1n) is 5.97. The molecule has 0 aliphatic carbocycles. The highest BCUT2D eigenvalue weighted by Gasteiger charge is 2.14. The van der Waals surface area contributed by atoms with Crippen molar-refractivity contribution < 1.29 is 9.13 Å². The molecular weight excluding hydrogens is 265 g/mol. The van der Waals surface area contributed by atoms with Crippen molar-refractivity contribution in [1.82, 2.24) is 0 Å². The zero-order valence-electron chi connectivity index (χ0n) is 10.8. The van der Waals surface area contributed by atoms with Crippen LogP contribution in [0.3, 0.4) is 0 Å². The number of rotatable bonds is 3. The van der Waals surface area contributed by atoms with Crippen LogP contribution in [-0.4, -0.2) is 0 Å². The molecule has 2 aromatic carbocycles. The van der Waals surface area contributed by atoms with E-state index in [1.54, 1.807) is 37.3 Å². The van der Waals surface area contributed by atoms with Crippen LogP contribution in [0.25, 0.3) is 0 Å². The minimum absolute atomic E-state index is 0.362. The number of ether oxygens (including phenoxy) is 1. The minimum atomic E-state index is -0.441. The Hall–Kier alpha value is -1.58. The molecule has 2 aromatic rings. The molecule has 2 rings (SSSR count). The zero-order chi connectivity index (χ0) is 14.0. The van der Waals surface area contributed by atoms with Crippen molar-refractivity contribution in [1.29, 1.82) is 0 Å². The smallest absolute Gasteiger partial charge is 0.135 e. The molecule has 0 saturated heterocycles. The summed E-state index contributed by atoms with van der Waals surface area (Å²) < 4.78 is 19.5. The second-order valence-electron chi connectivity index (χ2n) is 4.45. The standard InChI is InChI=1S/C15H15ClFNO/c1-9-8-11(16)6-7-13(9)19-14-5-3-4-12(17)15(14)10(2)18/h3-8,10H,18H2,1-2H3/t10-/m0/s1. The number of aryl methyl sites for hydroxylation is 1. The summed E-state index contributed by atoms with van der Waals surface area (Å²) in [4.78, 5) is 0. The summed E-state index contributed by atoms with van der Waals surface area (Å²) in [6, 6.07) is 9.52. The number of hydrogen-bond donors (Lipinski definition) is 1. The molecule has 0 spiro atoms. The SMILES string of the molecule is Cc1cc(Cl)ccc1Oc1cccc(F)c1[C@H](C)N. The highest BCUT2D eigenvalue weighted by Crippen LogP contribution is 2.33. The fourth-order valence-corrected chi connectivity index (χ4v) is 2.12. The molecule has 19 heavy (non-hydrogen) atoms. The van der Waals surface area contributed by atoms with Gasteiger partial charge in [0.05, 0.1) is 0 Å². The summed E-state index contributed by atoms with van der Waals surface area (Å²) in [5.74, 6) is 0.705. The van der Waals surface area contributed by atoms with E-state index < -0.39 is 6.04 Å². The Kier molecular flexibility index (Phi) is 4.08. The van der Waals surface area contributed by atoms with Gasteiger partial charge in [-0.25, -0.2) is 4.39 Å². The van der Waals surface area contributed by atoms with Crippen molar-refractivity contribution >= 4 is 11.6 Å². The molecular formula is C15H15ClFNO. The Balaban J connectivity index is 2.41. The molecule has 0 aliphatic rings. The van der Waals surface area contributed by atoms with E-state index in [1.807, 2.05) is 6.92 Å². The third-order valence-electron chi connectivity index (χ3n) is 2.83. The summed E-state index contributed by atoms with van der Waals surface area (Å²) in [5, 5.41) is 0.636. The van der Waals surface area contributed by atoms with Gasteiger partial charge in [0.2, 0.25) is 0 Å². The maximum absolute atomic E-state index is 13.8. The van der Waals surface area contributed by atoms with Gasteiger partial charge in [-0.2, -0.15) is 0 Å². The van der Waals surface area contributed by atoms with Crippen molar-refractivity contribution in [2.75, 3.05) is 0 Å². The Morgan fingerprint density at radius 1 is 1.21 bits per heavy atom. The Bertz CT molecular complexity index is 599. The van der Waals surface area contributed by atoms with Crippen molar-refractivity contribution in [3.63, 3.8) is 0 Å². The first kappa shape index (κ1) is 13.8. The first-order valence-corrected chi connectivity index (χ1v) is 6.35. The highest BCUT2D eigenvalue weighted by molar-refractivity contribution is 6.30. The van der Waals surface area contributed by atoms with E-state index in [0.717, 1.165) is 5.56 Å². The van der Waals surface area contributed by atoms with Gasteiger partial charge < -0.3 is 10.5 Å². The fraction of sp³-hybridized carbons (Fsp3) is 0.200. The van der Waals surface area contributed by atoms with Crippen LogP contribution in [-0.2, 0) is 0 Å². The Labute approximate surface area is 117 Å². The van der Waals surface area contributed by atoms with E-state index in [2.05, 4.69) is 0 Å². The minimum Gasteiger partial charge on any atom is -0.457 e. The van der Waals surface area contributed by atoms with Crippen LogP contribution in [0.2, 0.25) is 5.02 Å². The van der Waals surface area contributed by atoms with Crippen LogP contribution in [0.5, 0.6) is 11.5 Å².